The summed E-state index contributed by atoms with van der Waals surface area (Å²) in [5.41, 5.74) is 0. The predicted octanol–water partition coefficient (Wildman–Crippen LogP) is 2.61. The largest absolute Gasteiger partial charge is 0.0990 e. The van der Waals surface area contributed by atoms with Gasteiger partial charge in [-0.2, -0.15) is 0 Å². The van der Waals surface area contributed by atoms with Crippen molar-refractivity contribution in [3.8, 4) is 0 Å². The zero-order valence-corrected chi connectivity index (χ0v) is 8.90. The molecule has 0 heterocycles. The molecule has 0 nitrogen and oxygen atoms in total. The first-order valence-corrected chi connectivity index (χ1v) is 5.13. The second-order valence-corrected chi connectivity index (χ2v) is 3.52. The minimum atomic E-state index is 1.23. The van der Waals surface area contributed by atoms with Crippen molar-refractivity contribution in [3.05, 3.63) is 59.5 Å². The van der Waals surface area contributed by atoms with Crippen LogP contribution in [-0.4, -0.2) is 0 Å². The van der Waals surface area contributed by atoms with Gasteiger partial charge in [0.15, 0.2) is 0 Å². The topological polar surface area (TPSA) is 0 Å². The molecule has 2 rings (SSSR count). The van der Waals surface area contributed by atoms with Crippen molar-refractivity contribution >= 4 is 22.9 Å². The lowest BCUT2D eigenvalue weighted by Gasteiger charge is -1.97. The molecule has 15 heavy (non-hydrogen) atoms. The van der Waals surface area contributed by atoms with Crippen LogP contribution in [0.5, 0.6) is 0 Å². The van der Waals surface area contributed by atoms with Crippen LogP contribution in [0.3, 0.4) is 0 Å². The Morgan fingerprint density at radius 1 is 1.00 bits per heavy atom. The van der Waals surface area contributed by atoms with Crippen LogP contribution in [0.4, 0.5) is 0 Å². The van der Waals surface area contributed by atoms with Crippen molar-refractivity contribution in [1.82, 2.24) is 0 Å². The third kappa shape index (κ3) is 1.84. The van der Waals surface area contributed by atoms with Crippen LogP contribution in [0.15, 0.2) is 49.1 Å². The van der Waals surface area contributed by atoms with Gasteiger partial charge in [0.2, 0.25) is 0 Å². The maximum absolute atomic E-state index is 3.74. The van der Waals surface area contributed by atoms with E-state index < -0.39 is 0 Å². The number of hydrogen-bond acceptors (Lipinski definition) is 0. The van der Waals surface area contributed by atoms with Crippen molar-refractivity contribution < 1.29 is 0 Å². The lowest BCUT2D eigenvalue weighted by atomic mass is 10.1. The number of rotatable bonds is 1. The van der Waals surface area contributed by atoms with Crippen LogP contribution < -0.4 is 10.4 Å². The number of allylic oxidation sites excluding steroid dienone is 1. The summed E-state index contributed by atoms with van der Waals surface area (Å²) >= 11 is 0. The Morgan fingerprint density at radius 2 is 1.60 bits per heavy atom. The predicted molar refractivity (Wildman–Crippen MR) is 68.0 cm³/mol. The molecule has 0 unspecified atom stereocenters. The fraction of sp³-hybridized carbons (Fsp3) is 0.0667. The van der Waals surface area contributed by atoms with Crippen molar-refractivity contribution in [2.75, 3.05) is 0 Å². The van der Waals surface area contributed by atoms with E-state index in [1.165, 1.54) is 21.2 Å². The molecular formula is C15H14. The maximum atomic E-state index is 3.74. The summed E-state index contributed by atoms with van der Waals surface area (Å²) in [7, 11) is 0. The van der Waals surface area contributed by atoms with E-state index in [0.29, 0.717) is 0 Å². The fourth-order valence-corrected chi connectivity index (χ4v) is 1.80. The maximum Gasteiger partial charge on any atom is -0.0178 e. The Kier molecular flexibility index (Phi) is 2.68. The van der Waals surface area contributed by atoms with E-state index in [9.17, 15) is 0 Å². The Balaban J connectivity index is 2.94. The highest BCUT2D eigenvalue weighted by molar-refractivity contribution is 5.82. The smallest absolute Gasteiger partial charge is 0.0178 e. The number of fused-ring (bicyclic) bond motifs is 1. The van der Waals surface area contributed by atoms with Crippen LogP contribution in [0, 0.1) is 0 Å². The molecule has 0 fully saturated rings. The van der Waals surface area contributed by atoms with E-state index in [-0.39, 0.29) is 0 Å². The lowest BCUT2D eigenvalue weighted by Crippen LogP contribution is -2.23. The first-order valence-electron chi connectivity index (χ1n) is 5.13. The summed E-state index contributed by atoms with van der Waals surface area (Å²) < 4.78 is 0. The van der Waals surface area contributed by atoms with Crippen LogP contribution in [-0.2, 0) is 0 Å². The van der Waals surface area contributed by atoms with Gasteiger partial charge in [-0.15, -0.1) is 0 Å². The fourth-order valence-electron chi connectivity index (χ4n) is 1.80. The monoisotopic (exact) mass is 194 g/mol. The zero-order valence-electron chi connectivity index (χ0n) is 8.90. The summed E-state index contributed by atoms with van der Waals surface area (Å²) in [6, 6.07) is 12.8. The highest BCUT2D eigenvalue weighted by atomic mass is 14.0. The molecule has 74 valence electrons. The molecule has 0 aliphatic heterocycles. The van der Waals surface area contributed by atoms with Crippen LogP contribution in [0.1, 0.15) is 6.92 Å². The molecule has 0 N–H and O–H groups in total. The molecule has 0 aliphatic carbocycles. The van der Waals surface area contributed by atoms with Gasteiger partial charge in [0.25, 0.3) is 0 Å². The molecule has 0 spiro atoms. The van der Waals surface area contributed by atoms with Gasteiger partial charge in [-0.05, 0) is 40.3 Å². The molecule has 0 bridgehead atoms. The van der Waals surface area contributed by atoms with Gasteiger partial charge in [0, 0.05) is 0 Å². The lowest BCUT2D eigenvalue weighted by molar-refractivity contribution is 1.55. The van der Waals surface area contributed by atoms with Gasteiger partial charge in [0.1, 0.15) is 0 Å². The van der Waals surface area contributed by atoms with Crippen molar-refractivity contribution in [3.63, 3.8) is 0 Å². The molecule has 0 amide bonds. The first kappa shape index (κ1) is 9.72. The summed E-state index contributed by atoms with van der Waals surface area (Å²) in [6.45, 7) is 5.80. The van der Waals surface area contributed by atoms with Gasteiger partial charge >= 0.3 is 0 Å². The highest BCUT2D eigenvalue weighted by Crippen LogP contribution is 2.07. The van der Waals surface area contributed by atoms with Gasteiger partial charge < -0.3 is 0 Å². The molecular weight excluding hydrogens is 180 g/mol. The van der Waals surface area contributed by atoms with Crippen LogP contribution in [0.25, 0.3) is 22.9 Å². The molecule has 2 aromatic rings. The molecule has 0 saturated carbocycles. The molecule has 0 radical (unpaired) electrons. The SMILES string of the molecule is C=C/C=c1/cc2ccccc2c/c1=C/C. The van der Waals surface area contributed by atoms with E-state index in [2.05, 4.69) is 56.0 Å². The van der Waals surface area contributed by atoms with E-state index in [1.807, 2.05) is 12.2 Å². The van der Waals surface area contributed by atoms with E-state index in [0.717, 1.165) is 0 Å². The second-order valence-electron chi connectivity index (χ2n) is 3.52. The quantitative estimate of drug-likeness (QED) is 0.654. The minimum Gasteiger partial charge on any atom is -0.0990 e. The average Bonchev–Trinajstić information content (AvgIpc) is 2.28. The van der Waals surface area contributed by atoms with Gasteiger partial charge in [0.05, 0.1) is 0 Å². The Bertz CT molecular complexity index is 603. The average molecular weight is 194 g/mol. The van der Waals surface area contributed by atoms with E-state index in [1.54, 1.807) is 0 Å². The molecule has 0 heteroatoms. The molecule has 0 saturated heterocycles. The van der Waals surface area contributed by atoms with Crippen molar-refractivity contribution in [2.45, 2.75) is 6.92 Å². The third-order valence-electron chi connectivity index (χ3n) is 2.56. The molecule has 0 aliphatic rings. The van der Waals surface area contributed by atoms with Crippen LogP contribution in [0.2, 0.25) is 0 Å². The second kappa shape index (κ2) is 4.14. The van der Waals surface area contributed by atoms with Crippen LogP contribution >= 0.6 is 0 Å². The Hall–Kier alpha value is -1.82. The minimum absolute atomic E-state index is 1.23. The summed E-state index contributed by atoms with van der Waals surface area (Å²) in [5.74, 6) is 0. The first-order chi connectivity index (χ1) is 7.35. The van der Waals surface area contributed by atoms with E-state index in [4.69, 9.17) is 0 Å². The third-order valence-corrected chi connectivity index (χ3v) is 2.56. The van der Waals surface area contributed by atoms with Gasteiger partial charge in [-0.3, -0.25) is 0 Å². The highest BCUT2D eigenvalue weighted by Gasteiger charge is 1.91. The molecule has 0 aromatic heterocycles. The standard InChI is InChI=1S/C15H14/c1-3-7-13-11-15-9-6-5-8-14(15)10-12(13)4-2/h3-11H,1H2,2H3/b12-4-,13-7-. The molecule has 2 aromatic carbocycles. The molecule has 0 atom stereocenters. The number of benzene rings is 2. The van der Waals surface area contributed by atoms with E-state index >= 15 is 0 Å². The van der Waals surface area contributed by atoms with Gasteiger partial charge in [-0.25, -0.2) is 0 Å². The van der Waals surface area contributed by atoms with Crippen molar-refractivity contribution in [2.24, 2.45) is 0 Å². The van der Waals surface area contributed by atoms with Crippen molar-refractivity contribution in [1.29, 1.82) is 0 Å². The summed E-state index contributed by atoms with van der Waals surface area (Å²) in [6.07, 6.45) is 6.00. The summed E-state index contributed by atoms with van der Waals surface area (Å²) in [5, 5.41) is 5.04. The van der Waals surface area contributed by atoms with Gasteiger partial charge in [-0.1, -0.05) is 49.1 Å². The Morgan fingerprint density at radius 3 is 2.13 bits per heavy atom. The zero-order chi connectivity index (χ0) is 10.7. The number of hydrogen-bond donors (Lipinski definition) is 0. The summed E-state index contributed by atoms with van der Waals surface area (Å²) in [4.78, 5) is 0. The Labute approximate surface area is 89.9 Å². The normalized spacial score (nSPS) is 13.4.